The van der Waals surface area contributed by atoms with Gasteiger partial charge in [0, 0.05) is 11.6 Å². The Morgan fingerprint density at radius 2 is 2.14 bits per heavy atom. The summed E-state index contributed by atoms with van der Waals surface area (Å²) in [6.45, 7) is -1.41. The van der Waals surface area contributed by atoms with Crippen molar-refractivity contribution in [3.05, 3.63) is 34.7 Å². The number of hydrogen-bond donors (Lipinski definition) is 0. The molecule has 0 spiro atoms. The van der Waals surface area contributed by atoms with E-state index in [0.717, 1.165) is 6.20 Å². The van der Waals surface area contributed by atoms with Crippen molar-refractivity contribution in [3.8, 4) is 5.75 Å². The maximum atomic E-state index is 14.0. The second-order valence-corrected chi connectivity index (χ2v) is 4.30. The first-order valence-corrected chi connectivity index (χ1v) is 6.21. The van der Waals surface area contributed by atoms with Crippen LogP contribution in [-0.2, 0) is 4.74 Å². The van der Waals surface area contributed by atoms with E-state index in [4.69, 9.17) is 16.3 Å². The van der Waals surface area contributed by atoms with Gasteiger partial charge in [0.25, 0.3) is 0 Å². The zero-order chi connectivity index (χ0) is 15.6. The lowest BCUT2D eigenvalue weighted by molar-refractivity contribution is -0.0519. The van der Waals surface area contributed by atoms with Crippen LogP contribution in [-0.4, -0.2) is 24.2 Å². The fourth-order valence-corrected chi connectivity index (χ4v) is 1.96. The molecule has 2 aromatic rings. The lowest BCUT2D eigenvalue weighted by atomic mass is 10.1. The molecule has 0 saturated carbocycles. The van der Waals surface area contributed by atoms with Crippen molar-refractivity contribution in [2.75, 3.05) is 6.61 Å². The predicted octanol–water partition coefficient (Wildman–Crippen LogP) is 3.81. The van der Waals surface area contributed by atoms with Crippen molar-refractivity contribution in [1.29, 1.82) is 0 Å². The topological polar surface area (TPSA) is 48.4 Å². The highest BCUT2D eigenvalue weighted by molar-refractivity contribution is 6.32. The van der Waals surface area contributed by atoms with Crippen molar-refractivity contribution >= 4 is 28.5 Å². The fourth-order valence-electron chi connectivity index (χ4n) is 1.71. The molecule has 4 nitrogen and oxygen atoms in total. The summed E-state index contributed by atoms with van der Waals surface area (Å²) in [4.78, 5) is 15.3. The molecule has 0 fully saturated rings. The van der Waals surface area contributed by atoms with E-state index in [1.54, 1.807) is 6.92 Å². The standard InChI is InChI=1S/C13H9ClF3NO3/c1-2-20-12(19)7-3-6-4-8(14)11(21-13(16)17)9(15)10(6)18-5-7/h3-5,13H,2H2,1H3. The van der Waals surface area contributed by atoms with E-state index < -0.39 is 24.1 Å². The van der Waals surface area contributed by atoms with Crippen LogP contribution in [0.25, 0.3) is 10.9 Å². The van der Waals surface area contributed by atoms with Crippen LogP contribution in [0.2, 0.25) is 5.02 Å². The number of benzene rings is 1. The zero-order valence-electron chi connectivity index (χ0n) is 10.7. The highest BCUT2D eigenvalue weighted by atomic mass is 35.5. The Bertz CT molecular complexity index is 694. The van der Waals surface area contributed by atoms with Crippen molar-refractivity contribution in [2.45, 2.75) is 13.5 Å². The van der Waals surface area contributed by atoms with E-state index >= 15 is 0 Å². The van der Waals surface area contributed by atoms with Gasteiger partial charge >= 0.3 is 12.6 Å². The van der Waals surface area contributed by atoms with Crippen molar-refractivity contribution < 1.29 is 27.4 Å². The molecule has 1 heterocycles. The molecule has 0 aliphatic rings. The molecule has 0 bridgehead atoms. The van der Waals surface area contributed by atoms with Gasteiger partial charge in [-0.05, 0) is 19.1 Å². The number of fused-ring (bicyclic) bond motifs is 1. The van der Waals surface area contributed by atoms with Crippen LogP contribution in [0.3, 0.4) is 0 Å². The Balaban J connectivity index is 2.53. The first-order valence-electron chi connectivity index (χ1n) is 5.83. The Hall–Kier alpha value is -2.02. The Kier molecular flexibility index (Phi) is 4.52. The van der Waals surface area contributed by atoms with Crippen molar-refractivity contribution in [1.82, 2.24) is 4.98 Å². The van der Waals surface area contributed by atoms with Crippen LogP contribution in [0.4, 0.5) is 13.2 Å². The highest BCUT2D eigenvalue weighted by Crippen LogP contribution is 2.34. The minimum absolute atomic E-state index is 0.0994. The molecule has 2 rings (SSSR count). The van der Waals surface area contributed by atoms with Gasteiger partial charge in [0.1, 0.15) is 5.52 Å². The van der Waals surface area contributed by atoms with E-state index in [0.29, 0.717) is 0 Å². The van der Waals surface area contributed by atoms with Gasteiger partial charge in [0.15, 0.2) is 11.6 Å². The number of alkyl halides is 2. The zero-order valence-corrected chi connectivity index (χ0v) is 11.5. The Labute approximate surface area is 122 Å². The summed E-state index contributed by atoms with van der Waals surface area (Å²) >= 11 is 5.70. The Morgan fingerprint density at radius 1 is 1.43 bits per heavy atom. The molecular weight excluding hydrogens is 311 g/mol. The maximum Gasteiger partial charge on any atom is 0.387 e. The van der Waals surface area contributed by atoms with Crippen LogP contribution >= 0.6 is 11.6 Å². The molecule has 0 atom stereocenters. The summed E-state index contributed by atoms with van der Waals surface area (Å²) in [6.07, 6.45) is 1.09. The Morgan fingerprint density at radius 3 is 2.76 bits per heavy atom. The lowest BCUT2D eigenvalue weighted by Gasteiger charge is -2.10. The van der Waals surface area contributed by atoms with Crippen LogP contribution < -0.4 is 4.74 Å². The molecule has 8 heteroatoms. The average molecular weight is 320 g/mol. The minimum atomic E-state index is -3.21. The van der Waals surface area contributed by atoms with Crippen LogP contribution in [0.5, 0.6) is 5.75 Å². The number of carbonyl (C=O) groups is 1. The molecule has 0 amide bonds. The van der Waals surface area contributed by atoms with E-state index in [2.05, 4.69) is 9.72 Å². The van der Waals surface area contributed by atoms with Gasteiger partial charge < -0.3 is 9.47 Å². The van der Waals surface area contributed by atoms with Gasteiger partial charge in [-0.2, -0.15) is 8.78 Å². The molecule has 0 aliphatic heterocycles. The highest BCUT2D eigenvalue weighted by Gasteiger charge is 2.19. The van der Waals surface area contributed by atoms with Crippen LogP contribution in [0.1, 0.15) is 17.3 Å². The van der Waals surface area contributed by atoms with E-state index in [-0.39, 0.29) is 28.1 Å². The molecule has 112 valence electrons. The third-order valence-electron chi connectivity index (χ3n) is 2.54. The van der Waals surface area contributed by atoms with Crippen molar-refractivity contribution in [2.24, 2.45) is 0 Å². The first kappa shape index (κ1) is 15.4. The number of ether oxygens (including phenoxy) is 2. The number of rotatable bonds is 4. The number of pyridine rings is 1. The molecule has 0 radical (unpaired) electrons. The number of esters is 1. The number of halogens is 4. The molecule has 0 N–H and O–H groups in total. The second-order valence-electron chi connectivity index (χ2n) is 3.90. The van der Waals surface area contributed by atoms with Gasteiger partial charge in [-0.1, -0.05) is 11.6 Å². The summed E-state index contributed by atoms with van der Waals surface area (Å²) in [6, 6.07) is 2.49. The molecular formula is C13H9ClF3NO3. The van der Waals surface area contributed by atoms with E-state index in [1.807, 2.05) is 0 Å². The predicted molar refractivity (Wildman–Crippen MR) is 69.3 cm³/mol. The third kappa shape index (κ3) is 3.18. The molecule has 1 aromatic heterocycles. The van der Waals surface area contributed by atoms with Gasteiger partial charge in [0.2, 0.25) is 0 Å². The van der Waals surface area contributed by atoms with Crippen molar-refractivity contribution in [3.63, 3.8) is 0 Å². The first-order chi connectivity index (χ1) is 9.93. The van der Waals surface area contributed by atoms with E-state index in [1.165, 1.54) is 12.1 Å². The molecule has 1 aromatic carbocycles. The SMILES string of the molecule is CCOC(=O)c1cnc2c(F)c(OC(F)F)c(Cl)cc2c1. The third-order valence-corrected chi connectivity index (χ3v) is 2.82. The monoisotopic (exact) mass is 319 g/mol. The summed E-state index contributed by atoms with van der Waals surface area (Å²) in [7, 11) is 0. The summed E-state index contributed by atoms with van der Waals surface area (Å²) in [5.41, 5.74) is -0.134. The van der Waals surface area contributed by atoms with E-state index in [9.17, 15) is 18.0 Å². The van der Waals surface area contributed by atoms with Gasteiger partial charge in [-0.3, -0.25) is 4.98 Å². The average Bonchev–Trinajstić information content (AvgIpc) is 2.43. The van der Waals surface area contributed by atoms with Gasteiger partial charge in [-0.25, -0.2) is 9.18 Å². The summed E-state index contributed by atoms with van der Waals surface area (Å²) in [5.74, 6) is -2.53. The normalized spacial score (nSPS) is 11.0. The fraction of sp³-hybridized carbons (Fsp3) is 0.231. The number of hydrogen-bond acceptors (Lipinski definition) is 4. The molecule has 21 heavy (non-hydrogen) atoms. The van der Waals surface area contributed by atoms with Gasteiger partial charge in [-0.15, -0.1) is 0 Å². The molecule has 0 saturated heterocycles. The van der Waals surface area contributed by atoms with Crippen LogP contribution in [0.15, 0.2) is 18.3 Å². The largest absolute Gasteiger partial charge is 0.462 e. The minimum Gasteiger partial charge on any atom is -0.462 e. The summed E-state index contributed by atoms with van der Waals surface area (Å²) < 4.78 is 47.3. The number of nitrogens with zero attached hydrogens (tertiary/aromatic N) is 1. The summed E-state index contributed by atoms with van der Waals surface area (Å²) in [5, 5.41) is -0.173. The number of carbonyl (C=O) groups excluding carboxylic acids is 1. The second kappa shape index (κ2) is 6.17. The number of aromatic nitrogens is 1. The molecule has 0 aliphatic carbocycles. The van der Waals surface area contributed by atoms with Gasteiger partial charge in [0.05, 0.1) is 17.2 Å². The quantitative estimate of drug-likeness (QED) is 0.804. The van der Waals surface area contributed by atoms with Crippen LogP contribution in [0, 0.1) is 5.82 Å². The lowest BCUT2D eigenvalue weighted by Crippen LogP contribution is -2.07. The maximum absolute atomic E-state index is 14.0. The smallest absolute Gasteiger partial charge is 0.387 e. The molecule has 0 unspecified atom stereocenters.